The molecule has 3 rings (SSSR count). The molecule has 1 aromatic heterocycles. The molecule has 0 radical (unpaired) electrons. The van der Waals surface area contributed by atoms with Crippen LogP contribution >= 0.6 is 0 Å². The molecule has 0 N–H and O–H groups in total. The normalized spacial score (nSPS) is 11.6. The molecule has 0 aliphatic carbocycles. The number of ether oxygens (including phenoxy) is 1. The van der Waals surface area contributed by atoms with E-state index in [-0.39, 0.29) is 11.4 Å². The van der Waals surface area contributed by atoms with Crippen molar-refractivity contribution in [3.05, 3.63) is 66.2 Å². The number of para-hydroxylation sites is 2. The molecule has 0 amide bonds. The van der Waals surface area contributed by atoms with Crippen molar-refractivity contribution in [2.45, 2.75) is 6.18 Å². The molecule has 5 heteroatoms. The van der Waals surface area contributed by atoms with Crippen LogP contribution in [0.1, 0.15) is 5.56 Å². The first kappa shape index (κ1) is 13.4. The molecule has 0 saturated heterocycles. The van der Waals surface area contributed by atoms with Crippen molar-refractivity contribution < 1.29 is 17.9 Å². The van der Waals surface area contributed by atoms with Gasteiger partial charge in [0.15, 0.2) is 0 Å². The van der Waals surface area contributed by atoms with E-state index in [9.17, 15) is 13.2 Å². The van der Waals surface area contributed by atoms with Crippen LogP contribution in [0.25, 0.3) is 10.9 Å². The number of benzene rings is 2. The fraction of sp³-hybridized carbons (Fsp3) is 0.0625. The van der Waals surface area contributed by atoms with Gasteiger partial charge in [0.05, 0.1) is 11.1 Å². The molecule has 0 fully saturated rings. The minimum absolute atomic E-state index is 0.113. The van der Waals surface area contributed by atoms with E-state index in [1.807, 2.05) is 6.07 Å². The highest BCUT2D eigenvalue weighted by Gasteiger charge is 2.33. The van der Waals surface area contributed by atoms with Crippen LogP contribution in [0.4, 0.5) is 13.2 Å². The third kappa shape index (κ3) is 2.81. The molecule has 2 nitrogen and oxygen atoms in total. The van der Waals surface area contributed by atoms with Gasteiger partial charge in [0, 0.05) is 11.5 Å². The lowest BCUT2D eigenvalue weighted by Crippen LogP contribution is -2.06. The van der Waals surface area contributed by atoms with Crippen LogP contribution in [0, 0.1) is 0 Å². The summed E-state index contributed by atoms with van der Waals surface area (Å²) in [6.07, 6.45) is -4.45. The van der Waals surface area contributed by atoms with Crippen molar-refractivity contribution >= 4 is 10.9 Å². The van der Waals surface area contributed by atoms with Gasteiger partial charge in [-0.2, -0.15) is 13.2 Å². The smallest absolute Gasteiger partial charge is 0.418 e. The van der Waals surface area contributed by atoms with E-state index in [1.165, 1.54) is 6.07 Å². The third-order valence-electron chi connectivity index (χ3n) is 2.97. The van der Waals surface area contributed by atoms with Gasteiger partial charge in [-0.15, -0.1) is 0 Å². The van der Waals surface area contributed by atoms with Gasteiger partial charge < -0.3 is 4.74 Å². The molecule has 0 bridgehead atoms. The van der Waals surface area contributed by atoms with Crippen LogP contribution in [0.2, 0.25) is 0 Å². The van der Waals surface area contributed by atoms with Gasteiger partial charge in [0.1, 0.15) is 5.75 Å². The number of alkyl halides is 3. The van der Waals surface area contributed by atoms with Gasteiger partial charge in [-0.05, 0) is 24.3 Å². The maximum Gasteiger partial charge on any atom is 0.418 e. The van der Waals surface area contributed by atoms with Gasteiger partial charge in [0.2, 0.25) is 5.88 Å². The lowest BCUT2D eigenvalue weighted by molar-refractivity contribution is -0.136. The SMILES string of the molecule is FC(F)(F)c1cccc2ccc(Oc3ccccc3)nc12. The molecule has 0 aliphatic heterocycles. The highest BCUT2D eigenvalue weighted by molar-refractivity contribution is 5.82. The molecule has 0 spiro atoms. The largest absolute Gasteiger partial charge is 0.439 e. The van der Waals surface area contributed by atoms with Crippen LogP contribution in [-0.2, 0) is 6.18 Å². The molecule has 3 aromatic rings. The Bertz CT molecular complexity index is 769. The van der Waals surface area contributed by atoms with Crippen LogP contribution in [-0.4, -0.2) is 4.98 Å². The maximum absolute atomic E-state index is 13.0. The number of hydrogen-bond donors (Lipinski definition) is 0. The Labute approximate surface area is 118 Å². The molecule has 0 aliphatic rings. The Kier molecular flexibility index (Phi) is 3.25. The van der Waals surface area contributed by atoms with Crippen LogP contribution < -0.4 is 4.74 Å². The standard InChI is InChI=1S/C16H10F3NO/c17-16(18,19)13-8-4-5-11-9-10-14(20-15(11)13)21-12-6-2-1-3-7-12/h1-10H. The second-order valence-corrected chi connectivity index (χ2v) is 4.44. The number of nitrogens with zero attached hydrogens (tertiary/aromatic N) is 1. The predicted octanol–water partition coefficient (Wildman–Crippen LogP) is 5.05. The topological polar surface area (TPSA) is 22.1 Å². The first-order valence-electron chi connectivity index (χ1n) is 6.24. The van der Waals surface area contributed by atoms with Gasteiger partial charge >= 0.3 is 6.18 Å². The zero-order valence-corrected chi connectivity index (χ0v) is 10.8. The molecule has 21 heavy (non-hydrogen) atoms. The predicted molar refractivity (Wildman–Crippen MR) is 73.3 cm³/mol. The summed E-state index contributed by atoms with van der Waals surface area (Å²) >= 11 is 0. The Morgan fingerprint density at radius 3 is 2.29 bits per heavy atom. The second kappa shape index (κ2) is 5.09. The first-order valence-corrected chi connectivity index (χ1v) is 6.24. The van der Waals surface area contributed by atoms with E-state index in [2.05, 4.69) is 4.98 Å². The highest BCUT2D eigenvalue weighted by Crippen LogP contribution is 2.34. The summed E-state index contributed by atoms with van der Waals surface area (Å²) in [5.74, 6) is 0.652. The number of rotatable bonds is 2. The van der Waals surface area contributed by atoms with Gasteiger partial charge in [-0.3, -0.25) is 0 Å². The summed E-state index contributed by atoms with van der Waals surface area (Å²) in [6.45, 7) is 0. The lowest BCUT2D eigenvalue weighted by atomic mass is 10.1. The molecular weight excluding hydrogens is 279 g/mol. The fourth-order valence-corrected chi connectivity index (χ4v) is 2.02. The number of fused-ring (bicyclic) bond motifs is 1. The van der Waals surface area contributed by atoms with E-state index in [0.29, 0.717) is 11.1 Å². The van der Waals surface area contributed by atoms with Crippen LogP contribution in [0.3, 0.4) is 0 Å². The second-order valence-electron chi connectivity index (χ2n) is 4.44. The Balaban J connectivity index is 2.07. The molecule has 0 atom stereocenters. The van der Waals surface area contributed by atoms with Crippen molar-refractivity contribution in [2.24, 2.45) is 0 Å². The van der Waals surface area contributed by atoms with Gasteiger partial charge in [-0.1, -0.05) is 30.3 Å². The van der Waals surface area contributed by atoms with Crippen LogP contribution in [0.15, 0.2) is 60.7 Å². The van der Waals surface area contributed by atoms with Crippen molar-refractivity contribution in [1.82, 2.24) is 4.98 Å². The average Bonchev–Trinajstić information content (AvgIpc) is 2.46. The summed E-state index contributed by atoms with van der Waals surface area (Å²) < 4.78 is 44.5. The Morgan fingerprint density at radius 1 is 0.810 bits per heavy atom. The minimum atomic E-state index is -4.45. The van der Waals surface area contributed by atoms with Crippen molar-refractivity contribution in [2.75, 3.05) is 0 Å². The van der Waals surface area contributed by atoms with Gasteiger partial charge in [-0.25, -0.2) is 4.98 Å². The summed E-state index contributed by atoms with van der Waals surface area (Å²) in [6, 6.07) is 15.9. The molecule has 0 unspecified atom stereocenters. The maximum atomic E-state index is 13.0. The summed E-state index contributed by atoms with van der Waals surface area (Å²) in [5.41, 5.74) is -0.878. The zero-order chi connectivity index (χ0) is 14.9. The monoisotopic (exact) mass is 289 g/mol. The third-order valence-corrected chi connectivity index (χ3v) is 2.97. The summed E-state index contributed by atoms with van der Waals surface area (Å²) in [7, 11) is 0. The van der Waals surface area contributed by atoms with Crippen LogP contribution in [0.5, 0.6) is 11.6 Å². The summed E-state index contributed by atoms with van der Waals surface area (Å²) in [5, 5.41) is 0.422. The van der Waals surface area contributed by atoms with E-state index in [1.54, 1.807) is 42.5 Å². The molecule has 2 aromatic carbocycles. The number of hydrogen-bond acceptors (Lipinski definition) is 2. The van der Waals surface area contributed by atoms with Gasteiger partial charge in [0.25, 0.3) is 0 Å². The fourth-order valence-electron chi connectivity index (χ4n) is 2.02. The number of pyridine rings is 1. The molecule has 0 saturated carbocycles. The zero-order valence-electron chi connectivity index (χ0n) is 10.8. The number of aromatic nitrogens is 1. The quantitative estimate of drug-likeness (QED) is 0.659. The highest BCUT2D eigenvalue weighted by atomic mass is 19.4. The van der Waals surface area contributed by atoms with E-state index >= 15 is 0 Å². The minimum Gasteiger partial charge on any atom is -0.439 e. The average molecular weight is 289 g/mol. The molecule has 106 valence electrons. The lowest BCUT2D eigenvalue weighted by Gasteiger charge is -2.11. The molecule has 1 heterocycles. The van der Waals surface area contributed by atoms with E-state index in [0.717, 1.165) is 6.07 Å². The van der Waals surface area contributed by atoms with E-state index < -0.39 is 11.7 Å². The Hall–Kier alpha value is -2.56. The van der Waals surface area contributed by atoms with Crippen molar-refractivity contribution in [1.29, 1.82) is 0 Å². The Morgan fingerprint density at radius 2 is 1.57 bits per heavy atom. The van der Waals surface area contributed by atoms with Crippen molar-refractivity contribution in [3.8, 4) is 11.6 Å². The van der Waals surface area contributed by atoms with Crippen molar-refractivity contribution in [3.63, 3.8) is 0 Å². The molecular formula is C16H10F3NO. The summed E-state index contributed by atoms with van der Waals surface area (Å²) in [4.78, 5) is 3.99. The first-order chi connectivity index (χ1) is 10.0. The van der Waals surface area contributed by atoms with E-state index in [4.69, 9.17) is 4.74 Å². The number of halogens is 3.